The molecule has 1 aromatic rings. The summed E-state index contributed by atoms with van der Waals surface area (Å²) in [5.41, 5.74) is 2.28. The van der Waals surface area contributed by atoms with Gasteiger partial charge < -0.3 is 15.4 Å². The number of Topliss-reactive ketones (excluding diaryl/α,β-unsaturated/α-hetero) is 1. The molecule has 0 aromatic carbocycles. The Balaban J connectivity index is 2.13. The number of halogens is 4. The first-order chi connectivity index (χ1) is 15.5. The molecule has 0 aliphatic carbocycles. The molecule has 1 aliphatic heterocycles. The molecule has 7 nitrogen and oxygen atoms in total. The van der Waals surface area contributed by atoms with Gasteiger partial charge in [-0.25, -0.2) is 8.78 Å². The summed E-state index contributed by atoms with van der Waals surface area (Å²) in [6.07, 6.45) is -2.18. The van der Waals surface area contributed by atoms with Crippen LogP contribution >= 0.6 is 0 Å². The number of hydrogen-bond donors (Lipinski definition) is 2. The molecule has 0 saturated carbocycles. The average Bonchev–Trinajstić information content (AvgIpc) is 2.76. The molecule has 2 rings (SSSR count). The topological polar surface area (TPSA) is 92.7 Å². The zero-order valence-electron chi connectivity index (χ0n) is 19.0. The smallest absolute Gasteiger partial charge is 0.340 e. The van der Waals surface area contributed by atoms with Crippen molar-refractivity contribution in [2.45, 2.75) is 52.5 Å². The van der Waals surface area contributed by atoms with Crippen LogP contribution in [0.15, 0.2) is 28.4 Å². The minimum Gasteiger partial charge on any atom is -0.485 e. The van der Waals surface area contributed by atoms with Gasteiger partial charge in [-0.1, -0.05) is 0 Å². The van der Waals surface area contributed by atoms with Gasteiger partial charge >= 0.3 is 12.3 Å². The van der Waals surface area contributed by atoms with Gasteiger partial charge in [0, 0.05) is 36.8 Å². The maximum atomic E-state index is 13.1. The number of pyridine rings is 1. The van der Waals surface area contributed by atoms with Crippen molar-refractivity contribution in [3.05, 3.63) is 34.7 Å². The Morgan fingerprint density at radius 2 is 2.00 bits per heavy atom. The molecule has 1 aromatic heterocycles. The summed E-state index contributed by atoms with van der Waals surface area (Å²) in [6.45, 7) is 6.13. The minimum atomic E-state index is -4.26. The number of rotatable bonds is 11. The van der Waals surface area contributed by atoms with Crippen LogP contribution in [0.4, 0.5) is 17.6 Å². The number of nitrogens with one attached hydrogen (secondary N) is 2. The molecule has 0 bridgehead atoms. The summed E-state index contributed by atoms with van der Waals surface area (Å²) in [7, 11) is 0. The van der Waals surface area contributed by atoms with Crippen LogP contribution in [-0.4, -0.2) is 61.0 Å². The van der Waals surface area contributed by atoms with Crippen molar-refractivity contribution in [2.75, 3.05) is 26.2 Å². The molecular formula is C22H28F4N4O3. The van der Waals surface area contributed by atoms with Gasteiger partial charge in [0.05, 0.1) is 11.9 Å². The molecular weight excluding hydrogens is 444 g/mol. The van der Waals surface area contributed by atoms with Crippen molar-refractivity contribution in [3.63, 3.8) is 0 Å². The van der Waals surface area contributed by atoms with E-state index in [1.54, 1.807) is 26.8 Å². The van der Waals surface area contributed by atoms with Crippen LogP contribution in [0, 0.1) is 6.92 Å². The van der Waals surface area contributed by atoms with E-state index in [2.05, 4.69) is 20.6 Å². The van der Waals surface area contributed by atoms with E-state index < -0.39 is 19.0 Å². The molecule has 182 valence electrons. The number of aliphatic imine (C=N–C) groups is 1. The fraction of sp³-hybridized carbons (Fsp3) is 0.545. The molecule has 0 spiro atoms. The van der Waals surface area contributed by atoms with E-state index in [0.717, 1.165) is 0 Å². The van der Waals surface area contributed by atoms with Crippen molar-refractivity contribution in [3.8, 4) is 5.75 Å². The number of alkyl halides is 4. The first-order valence-electron chi connectivity index (χ1n) is 10.5. The highest BCUT2D eigenvalue weighted by Gasteiger charge is 2.41. The number of dihydropyridines is 1. The van der Waals surface area contributed by atoms with Crippen LogP contribution in [0.25, 0.3) is 0 Å². The number of hydrogen-bond acceptors (Lipinski definition) is 6. The molecule has 1 amide bonds. The van der Waals surface area contributed by atoms with E-state index in [9.17, 15) is 27.2 Å². The lowest BCUT2D eigenvalue weighted by Crippen LogP contribution is -2.38. The first-order valence-corrected chi connectivity index (χ1v) is 10.5. The van der Waals surface area contributed by atoms with Crippen LogP contribution < -0.4 is 15.4 Å². The normalized spacial score (nSPS) is 15.4. The van der Waals surface area contributed by atoms with Crippen molar-refractivity contribution in [1.82, 2.24) is 15.6 Å². The third kappa shape index (κ3) is 6.83. The van der Waals surface area contributed by atoms with Crippen LogP contribution in [0.3, 0.4) is 0 Å². The average molecular weight is 472 g/mol. The largest absolute Gasteiger partial charge is 0.485 e. The molecule has 0 fully saturated rings. The fourth-order valence-corrected chi connectivity index (χ4v) is 3.25. The van der Waals surface area contributed by atoms with Gasteiger partial charge in [0.15, 0.2) is 12.4 Å². The van der Waals surface area contributed by atoms with Gasteiger partial charge in [-0.05, 0) is 45.7 Å². The summed E-state index contributed by atoms with van der Waals surface area (Å²) in [4.78, 5) is 33.0. The number of ether oxygens (including phenoxy) is 1. The van der Waals surface area contributed by atoms with Gasteiger partial charge in [-0.15, -0.1) is 0 Å². The third-order valence-electron chi connectivity index (χ3n) is 5.11. The number of aromatic nitrogens is 1. The number of carbonyl (C=O) groups is 2. The van der Waals surface area contributed by atoms with Gasteiger partial charge in [0.25, 0.3) is 5.91 Å². The lowest BCUT2D eigenvalue weighted by atomic mass is 9.94. The van der Waals surface area contributed by atoms with E-state index in [0.29, 0.717) is 41.9 Å². The molecule has 1 aliphatic rings. The Morgan fingerprint density at radius 3 is 2.58 bits per heavy atom. The molecule has 33 heavy (non-hydrogen) atoms. The second-order valence-electron chi connectivity index (χ2n) is 7.68. The maximum Gasteiger partial charge on any atom is 0.340 e. The summed E-state index contributed by atoms with van der Waals surface area (Å²) < 4.78 is 55.7. The summed E-state index contributed by atoms with van der Waals surface area (Å²) in [5, 5.41) is 5.90. The number of nitrogens with zero attached hydrogens (tertiary/aromatic N) is 2. The second-order valence-corrected chi connectivity index (χ2v) is 7.68. The predicted octanol–water partition coefficient (Wildman–Crippen LogP) is 3.19. The number of amides is 1. The quantitative estimate of drug-likeness (QED) is 0.483. The summed E-state index contributed by atoms with van der Waals surface area (Å²) in [5.74, 6) is -4.76. The van der Waals surface area contributed by atoms with E-state index >= 15 is 0 Å². The van der Waals surface area contributed by atoms with Crippen molar-refractivity contribution in [1.29, 1.82) is 0 Å². The van der Waals surface area contributed by atoms with Gasteiger partial charge in [0.2, 0.25) is 0 Å². The highest BCUT2D eigenvalue weighted by molar-refractivity contribution is 6.46. The Kier molecular flexibility index (Phi) is 9.09. The molecule has 2 N–H and O–H groups in total. The van der Waals surface area contributed by atoms with Crippen molar-refractivity contribution >= 4 is 17.4 Å². The van der Waals surface area contributed by atoms with Gasteiger partial charge in [-0.3, -0.25) is 19.6 Å². The van der Waals surface area contributed by atoms with Crippen LogP contribution in [0.1, 0.15) is 44.5 Å². The molecule has 1 atom stereocenters. The highest BCUT2D eigenvalue weighted by Crippen LogP contribution is 2.26. The number of ketones is 1. The third-order valence-corrected chi connectivity index (χ3v) is 5.11. The first kappa shape index (κ1) is 26.4. The Morgan fingerprint density at radius 1 is 1.30 bits per heavy atom. The zero-order chi connectivity index (χ0) is 24.8. The monoisotopic (exact) mass is 472 g/mol. The molecule has 11 heteroatoms. The lowest BCUT2D eigenvalue weighted by Gasteiger charge is -2.22. The van der Waals surface area contributed by atoms with E-state index in [4.69, 9.17) is 4.74 Å². The van der Waals surface area contributed by atoms with Crippen LogP contribution in [-0.2, 0) is 9.59 Å². The van der Waals surface area contributed by atoms with Crippen molar-refractivity contribution < 1.29 is 31.9 Å². The Bertz CT molecular complexity index is 948. The Hall–Kier alpha value is -2.82. The summed E-state index contributed by atoms with van der Waals surface area (Å²) in [6, 6.07) is 1.24. The number of carbonyl (C=O) groups excluding carboxylic acids is 2. The predicted molar refractivity (Wildman–Crippen MR) is 115 cm³/mol. The van der Waals surface area contributed by atoms with E-state index in [1.807, 2.05) is 0 Å². The van der Waals surface area contributed by atoms with Crippen LogP contribution in [0.5, 0.6) is 5.75 Å². The fourth-order valence-electron chi connectivity index (χ4n) is 3.25. The molecule has 1 unspecified atom stereocenters. The van der Waals surface area contributed by atoms with E-state index in [-0.39, 0.29) is 35.7 Å². The van der Waals surface area contributed by atoms with Crippen molar-refractivity contribution in [2.24, 2.45) is 4.99 Å². The molecule has 0 saturated heterocycles. The summed E-state index contributed by atoms with van der Waals surface area (Å²) >= 11 is 0. The minimum absolute atomic E-state index is 0.0224. The van der Waals surface area contributed by atoms with Crippen LogP contribution in [0.2, 0.25) is 0 Å². The number of aryl methyl sites for hydroxylation is 1. The second kappa shape index (κ2) is 11.4. The van der Waals surface area contributed by atoms with Gasteiger partial charge in [-0.2, -0.15) is 8.78 Å². The highest BCUT2D eigenvalue weighted by atomic mass is 19.3. The standard InChI is InChI=1S/C22H28F4N4O3/c1-5-27-20(32)19-16(15(14(4)31)6-7-28-19)9-29-13(3)17-8-12(2)18(10-30-17)33-11-22(25,26)21(23)24/h8,10,13,21,29H,5-7,9,11H2,1-4H3,(H,27,32). The SMILES string of the molecule is CCNC(=O)C1=NCCC(C(C)=O)=C1CNC(C)c1cc(C)c(OCC(F)(F)C(F)F)cn1. The molecule has 2 heterocycles. The lowest BCUT2D eigenvalue weighted by molar-refractivity contribution is -0.148. The maximum absolute atomic E-state index is 13.1. The van der Waals surface area contributed by atoms with E-state index in [1.165, 1.54) is 13.1 Å². The Labute approximate surface area is 189 Å². The molecule has 0 radical (unpaired) electrons. The zero-order valence-corrected chi connectivity index (χ0v) is 19.0. The van der Waals surface area contributed by atoms with Gasteiger partial charge in [0.1, 0.15) is 11.5 Å².